The smallest absolute Gasteiger partial charge is 0.315 e. The average Bonchev–Trinajstić information content (AvgIpc) is 3.28. The van der Waals surface area contributed by atoms with E-state index in [1.165, 1.54) is 11.3 Å². The Morgan fingerprint density at radius 2 is 1.91 bits per heavy atom. The van der Waals surface area contributed by atoms with Crippen LogP contribution in [-0.4, -0.2) is 41.8 Å². The van der Waals surface area contributed by atoms with Gasteiger partial charge in [0.25, 0.3) is 0 Å². The summed E-state index contributed by atoms with van der Waals surface area (Å²) in [4.78, 5) is 25.3. The molecule has 0 aliphatic heterocycles. The summed E-state index contributed by atoms with van der Waals surface area (Å²) < 4.78 is 5.25. The first-order valence-corrected chi connectivity index (χ1v) is 11.3. The number of hydrogen-bond donors (Lipinski definition) is 3. The maximum atomic E-state index is 13.0. The number of amides is 3. The van der Waals surface area contributed by atoms with Gasteiger partial charge in [0.15, 0.2) is 0 Å². The molecule has 0 aliphatic rings. The molecule has 3 aromatic rings. The Labute approximate surface area is 191 Å². The lowest BCUT2D eigenvalue weighted by atomic mass is 10.1. The third-order valence-electron chi connectivity index (χ3n) is 4.69. The standard InChI is InChI=1S/C23H27N5O3S/c1-3-4-13-24-22(30)25-19(14-16-9-6-5-7-10-16)20(29)26-23-28-27-21(32-23)17-11-8-12-18(15-17)31-2/h5-12,15,19H,3-4,13-14H2,1-2H3,(H2,24,25,30)(H,26,28,29). The third-order valence-corrected chi connectivity index (χ3v) is 5.58. The Morgan fingerprint density at radius 1 is 1.09 bits per heavy atom. The van der Waals surface area contributed by atoms with Crippen molar-refractivity contribution in [3.63, 3.8) is 0 Å². The number of aromatic nitrogens is 2. The molecule has 0 saturated carbocycles. The molecule has 9 heteroatoms. The molecular weight excluding hydrogens is 426 g/mol. The van der Waals surface area contributed by atoms with Gasteiger partial charge in [-0.2, -0.15) is 0 Å². The molecule has 0 radical (unpaired) electrons. The van der Waals surface area contributed by atoms with Crippen LogP contribution in [0.15, 0.2) is 54.6 Å². The maximum absolute atomic E-state index is 13.0. The Morgan fingerprint density at radius 3 is 2.66 bits per heavy atom. The number of urea groups is 1. The van der Waals surface area contributed by atoms with Crippen LogP contribution < -0.4 is 20.7 Å². The van der Waals surface area contributed by atoms with Crippen molar-refractivity contribution in [3.8, 4) is 16.3 Å². The highest BCUT2D eigenvalue weighted by Crippen LogP contribution is 2.28. The molecule has 0 spiro atoms. The van der Waals surface area contributed by atoms with Gasteiger partial charge in [0.1, 0.15) is 16.8 Å². The van der Waals surface area contributed by atoms with Crippen LogP contribution in [0.5, 0.6) is 5.75 Å². The summed E-state index contributed by atoms with van der Waals surface area (Å²) >= 11 is 1.25. The van der Waals surface area contributed by atoms with Gasteiger partial charge < -0.3 is 15.4 Å². The second kappa shape index (κ2) is 11.8. The average molecular weight is 454 g/mol. The van der Waals surface area contributed by atoms with Gasteiger partial charge in [0.05, 0.1) is 7.11 Å². The number of rotatable bonds is 10. The molecule has 8 nitrogen and oxygen atoms in total. The van der Waals surface area contributed by atoms with Crippen LogP contribution in [0.2, 0.25) is 0 Å². The minimum absolute atomic E-state index is 0.354. The van der Waals surface area contributed by atoms with Gasteiger partial charge >= 0.3 is 6.03 Å². The van der Waals surface area contributed by atoms with Gasteiger partial charge in [0.2, 0.25) is 11.0 Å². The molecule has 1 atom stereocenters. The molecule has 168 valence electrons. The SMILES string of the molecule is CCCCNC(=O)NC(Cc1ccccc1)C(=O)Nc1nnc(-c2cccc(OC)c2)s1. The first kappa shape index (κ1) is 23.2. The molecule has 3 amide bonds. The Kier molecular flexibility index (Phi) is 8.56. The lowest BCUT2D eigenvalue weighted by Gasteiger charge is -2.18. The maximum Gasteiger partial charge on any atom is 0.315 e. The van der Waals surface area contributed by atoms with Crippen LogP contribution in [-0.2, 0) is 11.2 Å². The number of nitrogens with zero attached hydrogens (tertiary/aromatic N) is 2. The monoisotopic (exact) mass is 453 g/mol. The van der Waals surface area contributed by atoms with Crippen molar-refractivity contribution in [1.29, 1.82) is 0 Å². The lowest BCUT2D eigenvalue weighted by molar-refractivity contribution is -0.117. The van der Waals surface area contributed by atoms with Crippen LogP contribution in [0.1, 0.15) is 25.3 Å². The minimum Gasteiger partial charge on any atom is -0.497 e. The highest BCUT2D eigenvalue weighted by molar-refractivity contribution is 7.18. The van der Waals surface area contributed by atoms with E-state index in [0.717, 1.165) is 24.0 Å². The number of benzene rings is 2. The van der Waals surface area contributed by atoms with E-state index in [9.17, 15) is 9.59 Å². The van der Waals surface area contributed by atoms with Crippen LogP contribution in [0, 0.1) is 0 Å². The molecule has 32 heavy (non-hydrogen) atoms. The molecule has 0 bridgehead atoms. The molecule has 0 saturated heterocycles. The molecule has 1 heterocycles. The zero-order valence-corrected chi connectivity index (χ0v) is 18.9. The van der Waals surface area contributed by atoms with Gasteiger partial charge in [-0.3, -0.25) is 10.1 Å². The number of ether oxygens (including phenoxy) is 1. The normalized spacial score (nSPS) is 11.4. The number of carbonyl (C=O) groups excluding carboxylic acids is 2. The summed E-state index contributed by atoms with van der Waals surface area (Å²) in [5.41, 5.74) is 1.78. The zero-order valence-electron chi connectivity index (χ0n) is 18.1. The number of methoxy groups -OCH3 is 1. The highest BCUT2D eigenvalue weighted by atomic mass is 32.1. The van der Waals surface area contributed by atoms with Gasteiger partial charge in [0, 0.05) is 18.5 Å². The van der Waals surface area contributed by atoms with Gasteiger partial charge in [-0.25, -0.2) is 4.79 Å². The topological polar surface area (TPSA) is 105 Å². The molecule has 1 aromatic heterocycles. The first-order valence-electron chi connectivity index (χ1n) is 10.5. The molecule has 2 aromatic carbocycles. The van der Waals surface area contributed by atoms with E-state index in [2.05, 4.69) is 26.1 Å². The summed E-state index contributed by atoms with van der Waals surface area (Å²) in [5.74, 6) is 0.359. The van der Waals surface area contributed by atoms with E-state index in [-0.39, 0.29) is 11.9 Å². The Balaban J connectivity index is 1.69. The van der Waals surface area contributed by atoms with Crippen molar-refractivity contribution < 1.29 is 14.3 Å². The van der Waals surface area contributed by atoms with Crippen LogP contribution >= 0.6 is 11.3 Å². The Hall–Kier alpha value is -3.46. The van der Waals surface area contributed by atoms with Crippen LogP contribution in [0.4, 0.5) is 9.93 Å². The predicted molar refractivity (Wildman–Crippen MR) is 126 cm³/mol. The highest BCUT2D eigenvalue weighted by Gasteiger charge is 2.23. The fourth-order valence-electron chi connectivity index (χ4n) is 2.99. The van der Waals surface area contributed by atoms with E-state index in [1.54, 1.807) is 7.11 Å². The van der Waals surface area contributed by atoms with Gasteiger partial charge in [-0.05, 0) is 24.1 Å². The molecule has 1 unspecified atom stereocenters. The Bertz CT molecular complexity index is 1030. The van der Waals surface area contributed by atoms with E-state index in [1.807, 2.05) is 61.5 Å². The van der Waals surface area contributed by atoms with Crippen molar-refractivity contribution in [2.75, 3.05) is 19.0 Å². The second-order valence-corrected chi connectivity index (χ2v) is 8.11. The van der Waals surface area contributed by atoms with Crippen molar-refractivity contribution in [2.45, 2.75) is 32.2 Å². The summed E-state index contributed by atoms with van der Waals surface area (Å²) in [6.07, 6.45) is 2.21. The lowest BCUT2D eigenvalue weighted by Crippen LogP contribution is -2.49. The fraction of sp³-hybridized carbons (Fsp3) is 0.304. The van der Waals surface area contributed by atoms with Crippen LogP contribution in [0.25, 0.3) is 10.6 Å². The predicted octanol–water partition coefficient (Wildman–Crippen LogP) is 3.86. The first-order chi connectivity index (χ1) is 15.6. The minimum atomic E-state index is -0.761. The second-order valence-electron chi connectivity index (χ2n) is 7.13. The van der Waals surface area contributed by atoms with Crippen molar-refractivity contribution in [2.24, 2.45) is 0 Å². The number of anilines is 1. The van der Waals surface area contributed by atoms with Crippen molar-refractivity contribution in [1.82, 2.24) is 20.8 Å². The fourth-order valence-corrected chi connectivity index (χ4v) is 3.73. The van der Waals surface area contributed by atoms with Crippen LogP contribution in [0.3, 0.4) is 0 Å². The summed E-state index contributed by atoms with van der Waals surface area (Å²) in [7, 11) is 1.60. The van der Waals surface area contributed by atoms with Gasteiger partial charge in [-0.1, -0.05) is 67.1 Å². The van der Waals surface area contributed by atoms with Crippen molar-refractivity contribution >= 4 is 28.4 Å². The summed E-state index contributed by atoms with van der Waals surface area (Å²) in [5, 5.41) is 17.6. The van der Waals surface area contributed by atoms with E-state index >= 15 is 0 Å². The molecule has 0 aliphatic carbocycles. The van der Waals surface area contributed by atoms with E-state index < -0.39 is 6.04 Å². The van der Waals surface area contributed by atoms with E-state index in [4.69, 9.17) is 4.74 Å². The third kappa shape index (κ3) is 6.78. The number of hydrogen-bond acceptors (Lipinski definition) is 6. The number of nitrogens with one attached hydrogen (secondary N) is 3. The van der Waals surface area contributed by atoms with Crippen molar-refractivity contribution in [3.05, 3.63) is 60.2 Å². The molecule has 0 fully saturated rings. The largest absolute Gasteiger partial charge is 0.497 e. The van der Waals surface area contributed by atoms with E-state index in [0.29, 0.717) is 28.9 Å². The van der Waals surface area contributed by atoms with Gasteiger partial charge in [-0.15, -0.1) is 10.2 Å². The zero-order chi connectivity index (χ0) is 22.8. The molecular formula is C23H27N5O3S. The summed E-state index contributed by atoms with van der Waals surface area (Å²) in [6.45, 7) is 2.61. The summed E-state index contributed by atoms with van der Waals surface area (Å²) in [6, 6.07) is 15.9. The molecule has 3 N–H and O–H groups in total. The quantitative estimate of drug-likeness (QED) is 0.404. The number of unbranched alkanes of at least 4 members (excludes halogenated alkanes) is 1. The number of carbonyl (C=O) groups is 2. The molecule has 3 rings (SSSR count).